The number of carbonyl (C=O) groups excluding carboxylic acids is 2. The van der Waals surface area contributed by atoms with Gasteiger partial charge in [0.15, 0.2) is 5.54 Å². The van der Waals surface area contributed by atoms with Gasteiger partial charge in [0.25, 0.3) is 5.91 Å². The average Bonchev–Trinajstić information content (AvgIpc) is 3.51. The zero-order valence-corrected chi connectivity index (χ0v) is 18.8. The molecule has 3 aromatic rings. The molecule has 0 aliphatic carbocycles. The number of carbonyl (C=O) groups is 2. The lowest BCUT2D eigenvalue weighted by Gasteiger charge is -2.38. The van der Waals surface area contributed by atoms with Crippen molar-refractivity contribution in [2.24, 2.45) is 0 Å². The molecule has 9 heteroatoms. The Morgan fingerprint density at radius 3 is 2.53 bits per heavy atom. The quantitative estimate of drug-likeness (QED) is 0.571. The van der Waals surface area contributed by atoms with Gasteiger partial charge in [0.2, 0.25) is 0 Å². The molecule has 0 radical (unpaired) electrons. The fraction of sp³-hybridized carbons (Fsp3) is 0.435. The van der Waals surface area contributed by atoms with Crippen LogP contribution in [0.15, 0.2) is 49.1 Å². The van der Waals surface area contributed by atoms with Crippen LogP contribution in [0.5, 0.6) is 0 Å². The monoisotopic (exact) mass is 436 g/mol. The fourth-order valence-electron chi connectivity index (χ4n) is 4.18. The van der Waals surface area contributed by atoms with Crippen LogP contribution in [-0.2, 0) is 15.1 Å². The molecule has 4 rings (SSSR count). The third kappa shape index (κ3) is 3.90. The van der Waals surface area contributed by atoms with Gasteiger partial charge in [0.1, 0.15) is 0 Å². The van der Waals surface area contributed by atoms with Gasteiger partial charge in [-0.2, -0.15) is 20.1 Å². The van der Waals surface area contributed by atoms with E-state index in [1.807, 2.05) is 35.4 Å². The topological polar surface area (TPSA) is 95.1 Å². The molecule has 2 unspecified atom stereocenters. The largest absolute Gasteiger partial charge is 0.467 e. The van der Waals surface area contributed by atoms with E-state index in [0.29, 0.717) is 17.8 Å². The fourth-order valence-corrected chi connectivity index (χ4v) is 4.18. The van der Waals surface area contributed by atoms with Crippen molar-refractivity contribution in [3.05, 3.63) is 60.2 Å². The molecule has 0 N–H and O–H groups in total. The molecule has 1 aliphatic rings. The molecule has 32 heavy (non-hydrogen) atoms. The van der Waals surface area contributed by atoms with E-state index in [1.54, 1.807) is 37.1 Å². The molecule has 0 saturated carbocycles. The highest BCUT2D eigenvalue weighted by atomic mass is 16.5. The molecular formula is C23H28N6O3. The minimum atomic E-state index is -0.903. The summed E-state index contributed by atoms with van der Waals surface area (Å²) in [5.74, 6) is -0.269. The van der Waals surface area contributed by atoms with E-state index in [0.717, 1.165) is 18.4 Å². The summed E-state index contributed by atoms with van der Waals surface area (Å²) in [7, 11) is 1.37. The van der Waals surface area contributed by atoms with Gasteiger partial charge in [-0.25, -0.2) is 4.79 Å². The molecule has 168 valence electrons. The summed E-state index contributed by atoms with van der Waals surface area (Å²) in [6.45, 7) is 6.20. The molecular weight excluding hydrogens is 408 g/mol. The number of piperidine rings is 1. The van der Waals surface area contributed by atoms with Crippen LogP contribution in [0.25, 0.3) is 5.69 Å². The Hall–Kier alpha value is -3.49. The van der Waals surface area contributed by atoms with E-state index in [-0.39, 0.29) is 23.8 Å². The van der Waals surface area contributed by atoms with Crippen LogP contribution in [0.4, 0.5) is 0 Å². The van der Waals surface area contributed by atoms with Crippen molar-refractivity contribution >= 4 is 11.9 Å². The summed E-state index contributed by atoms with van der Waals surface area (Å²) >= 11 is 0. The van der Waals surface area contributed by atoms with E-state index in [9.17, 15) is 9.59 Å². The highest BCUT2D eigenvalue weighted by Gasteiger charge is 2.35. The number of hydrogen-bond acceptors (Lipinski definition) is 6. The molecule has 1 fully saturated rings. The number of hydrogen-bond donors (Lipinski definition) is 0. The second-order valence-corrected chi connectivity index (χ2v) is 8.69. The molecule has 2 atom stereocenters. The van der Waals surface area contributed by atoms with Gasteiger partial charge in [0, 0.05) is 24.7 Å². The van der Waals surface area contributed by atoms with Crippen LogP contribution in [-0.4, -0.2) is 61.2 Å². The summed E-state index contributed by atoms with van der Waals surface area (Å²) in [5.41, 5.74) is 1.33. The summed E-state index contributed by atoms with van der Waals surface area (Å²) in [5, 5.41) is 12.8. The maximum absolute atomic E-state index is 13.6. The number of aromatic nitrogens is 5. The van der Waals surface area contributed by atoms with Crippen LogP contribution >= 0.6 is 0 Å². The molecule has 1 saturated heterocycles. The highest BCUT2D eigenvalue weighted by molar-refractivity contribution is 5.98. The number of nitrogens with zero attached hydrogens (tertiary/aromatic N) is 6. The molecule has 0 bridgehead atoms. The van der Waals surface area contributed by atoms with Gasteiger partial charge in [-0.05, 0) is 51.3 Å². The molecule has 1 amide bonds. The van der Waals surface area contributed by atoms with Gasteiger partial charge >= 0.3 is 5.97 Å². The Balaban J connectivity index is 1.58. The molecule has 1 aliphatic heterocycles. The average molecular weight is 437 g/mol. The molecule has 9 nitrogen and oxygen atoms in total. The number of benzene rings is 1. The number of likely N-dealkylation sites (tertiary alicyclic amines) is 1. The first kappa shape index (κ1) is 21.7. The first-order chi connectivity index (χ1) is 15.3. The number of ether oxygens (including phenoxy) is 1. The lowest BCUT2D eigenvalue weighted by molar-refractivity contribution is -0.150. The Morgan fingerprint density at radius 2 is 1.81 bits per heavy atom. The van der Waals surface area contributed by atoms with Crippen LogP contribution in [0.1, 0.15) is 55.5 Å². The normalized spacial score (nSPS) is 19.1. The lowest BCUT2D eigenvalue weighted by Crippen LogP contribution is -2.45. The van der Waals surface area contributed by atoms with E-state index in [1.165, 1.54) is 11.9 Å². The summed E-state index contributed by atoms with van der Waals surface area (Å²) in [6, 6.07) is 7.49. The first-order valence-corrected chi connectivity index (χ1v) is 10.7. The molecule has 3 heterocycles. The van der Waals surface area contributed by atoms with Crippen molar-refractivity contribution in [2.75, 3.05) is 13.7 Å². The minimum Gasteiger partial charge on any atom is -0.467 e. The van der Waals surface area contributed by atoms with Crippen LogP contribution in [0.2, 0.25) is 0 Å². The van der Waals surface area contributed by atoms with Crippen molar-refractivity contribution < 1.29 is 14.3 Å². The van der Waals surface area contributed by atoms with Gasteiger partial charge < -0.3 is 9.64 Å². The van der Waals surface area contributed by atoms with Crippen molar-refractivity contribution in [3.63, 3.8) is 0 Å². The zero-order valence-electron chi connectivity index (χ0n) is 18.8. The first-order valence-electron chi connectivity index (χ1n) is 10.7. The summed E-state index contributed by atoms with van der Waals surface area (Å²) < 4.78 is 6.55. The predicted molar refractivity (Wildman–Crippen MR) is 117 cm³/mol. The van der Waals surface area contributed by atoms with Gasteiger partial charge in [0.05, 0.1) is 37.0 Å². The van der Waals surface area contributed by atoms with Crippen molar-refractivity contribution in [3.8, 4) is 5.69 Å². The number of methoxy groups -OCH3 is 1. The number of esters is 1. The molecule has 1 aromatic carbocycles. The second kappa shape index (κ2) is 8.57. The Morgan fingerprint density at radius 1 is 1.09 bits per heavy atom. The van der Waals surface area contributed by atoms with E-state index >= 15 is 0 Å². The third-order valence-electron chi connectivity index (χ3n) is 6.24. The van der Waals surface area contributed by atoms with E-state index < -0.39 is 5.54 Å². The molecule has 2 aromatic heterocycles. The van der Waals surface area contributed by atoms with Gasteiger partial charge in [-0.15, -0.1) is 0 Å². The standard InChI is InChI=1S/C23H28N6O3/c1-16-9-10-17(18-13-26-28(15-18)23(2,3)22(31)32-4)14-27(16)21(30)19-7-5-6-8-20(19)29-24-11-12-25-29/h5-8,11-13,15-17H,9-10,14H2,1-4H3. The van der Waals surface area contributed by atoms with Crippen molar-refractivity contribution in [1.29, 1.82) is 0 Å². The Labute approximate surface area is 187 Å². The Kier molecular flexibility index (Phi) is 5.82. The predicted octanol–water partition coefficient (Wildman–Crippen LogP) is 2.78. The van der Waals surface area contributed by atoms with Crippen LogP contribution in [0, 0.1) is 0 Å². The van der Waals surface area contributed by atoms with Gasteiger partial charge in [-0.1, -0.05) is 12.1 Å². The second-order valence-electron chi connectivity index (χ2n) is 8.69. The van der Waals surface area contributed by atoms with Crippen LogP contribution in [0.3, 0.4) is 0 Å². The van der Waals surface area contributed by atoms with Crippen molar-refractivity contribution in [2.45, 2.75) is 51.1 Å². The van der Waals surface area contributed by atoms with E-state index in [4.69, 9.17) is 4.74 Å². The van der Waals surface area contributed by atoms with Crippen molar-refractivity contribution in [1.82, 2.24) is 29.7 Å². The number of para-hydroxylation sites is 1. The third-order valence-corrected chi connectivity index (χ3v) is 6.24. The lowest BCUT2D eigenvalue weighted by atomic mass is 9.88. The SMILES string of the molecule is COC(=O)C(C)(C)n1cc(C2CCC(C)N(C(=O)c3ccccc3-n3nccn3)C2)cn1. The minimum absolute atomic E-state index is 0.0441. The number of amides is 1. The zero-order chi connectivity index (χ0) is 22.9. The van der Waals surface area contributed by atoms with E-state index in [2.05, 4.69) is 22.2 Å². The maximum atomic E-state index is 13.6. The molecule has 0 spiro atoms. The highest BCUT2D eigenvalue weighted by Crippen LogP contribution is 2.32. The van der Waals surface area contributed by atoms with Gasteiger partial charge in [-0.3, -0.25) is 9.48 Å². The maximum Gasteiger partial charge on any atom is 0.333 e. The summed E-state index contributed by atoms with van der Waals surface area (Å²) in [4.78, 5) is 29.1. The Bertz CT molecular complexity index is 1100. The van der Waals surface area contributed by atoms with Crippen LogP contribution < -0.4 is 0 Å². The smallest absolute Gasteiger partial charge is 0.333 e. The number of rotatable bonds is 5. The summed E-state index contributed by atoms with van der Waals surface area (Å²) in [6.07, 6.45) is 8.68.